The minimum atomic E-state index is -0.318. The number of nitrogens with zero attached hydrogens (tertiary/aromatic N) is 2. The standard InChI is InChI=1S/C12H18N4O2S.ClH/c13-6-10-15-9(8-19-10)12(18)14-7-11(17)16-4-2-1-3-5-16;/h8H,1-7,13H2,(H,14,18);1H. The van der Waals surface area contributed by atoms with Crippen LogP contribution in [-0.4, -0.2) is 41.3 Å². The van der Waals surface area contributed by atoms with Gasteiger partial charge >= 0.3 is 0 Å². The molecular formula is C12H19ClN4O2S. The lowest BCUT2D eigenvalue weighted by Crippen LogP contribution is -2.42. The normalized spacial score (nSPS) is 14.6. The van der Waals surface area contributed by atoms with Crippen LogP contribution >= 0.6 is 23.7 Å². The summed E-state index contributed by atoms with van der Waals surface area (Å²) in [6.07, 6.45) is 3.27. The second kappa shape index (κ2) is 8.18. The zero-order valence-electron chi connectivity index (χ0n) is 11.1. The largest absolute Gasteiger partial charge is 0.342 e. The van der Waals surface area contributed by atoms with Gasteiger partial charge in [-0.15, -0.1) is 23.7 Å². The van der Waals surface area contributed by atoms with E-state index in [0.29, 0.717) is 17.2 Å². The van der Waals surface area contributed by atoms with Gasteiger partial charge in [0.15, 0.2) is 0 Å². The van der Waals surface area contributed by atoms with Crippen molar-refractivity contribution in [2.24, 2.45) is 5.73 Å². The van der Waals surface area contributed by atoms with Crippen LogP contribution < -0.4 is 11.1 Å². The molecule has 2 heterocycles. The Kier molecular flexibility index (Phi) is 6.90. The quantitative estimate of drug-likeness (QED) is 0.858. The van der Waals surface area contributed by atoms with Gasteiger partial charge in [-0.3, -0.25) is 9.59 Å². The third-order valence-electron chi connectivity index (χ3n) is 3.07. The lowest BCUT2D eigenvalue weighted by Gasteiger charge is -2.26. The van der Waals surface area contributed by atoms with Crippen molar-refractivity contribution in [3.63, 3.8) is 0 Å². The van der Waals surface area contributed by atoms with E-state index in [1.54, 1.807) is 10.3 Å². The van der Waals surface area contributed by atoms with E-state index in [-0.39, 0.29) is 30.8 Å². The summed E-state index contributed by atoms with van der Waals surface area (Å²) < 4.78 is 0. The molecule has 0 aliphatic carbocycles. The van der Waals surface area contributed by atoms with E-state index >= 15 is 0 Å². The fraction of sp³-hybridized carbons (Fsp3) is 0.583. The molecule has 1 aliphatic rings. The molecule has 112 valence electrons. The second-order valence-corrected chi connectivity index (χ2v) is 5.40. The van der Waals surface area contributed by atoms with Crippen LogP contribution in [0.3, 0.4) is 0 Å². The van der Waals surface area contributed by atoms with Gasteiger partial charge in [0.05, 0.1) is 6.54 Å². The maximum atomic E-state index is 11.9. The first-order valence-electron chi connectivity index (χ1n) is 6.41. The number of nitrogens with two attached hydrogens (primary N) is 1. The number of piperidine rings is 1. The molecule has 1 aromatic rings. The molecule has 0 radical (unpaired) electrons. The van der Waals surface area contributed by atoms with Gasteiger partial charge in [0, 0.05) is 25.0 Å². The molecule has 1 saturated heterocycles. The molecule has 1 aliphatic heterocycles. The molecular weight excluding hydrogens is 300 g/mol. The first-order valence-corrected chi connectivity index (χ1v) is 7.29. The molecule has 8 heteroatoms. The van der Waals surface area contributed by atoms with Gasteiger partial charge in [-0.1, -0.05) is 0 Å². The minimum Gasteiger partial charge on any atom is -0.342 e. The van der Waals surface area contributed by atoms with Crippen molar-refractivity contribution < 1.29 is 9.59 Å². The Labute approximate surface area is 128 Å². The maximum absolute atomic E-state index is 11.9. The summed E-state index contributed by atoms with van der Waals surface area (Å²) in [5.41, 5.74) is 5.77. The SMILES string of the molecule is Cl.NCc1nc(C(=O)NCC(=O)N2CCCCC2)cs1. The molecule has 6 nitrogen and oxygen atoms in total. The second-order valence-electron chi connectivity index (χ2n) is 4.45. The van der Waals surface area contributed by atoms with Crippen LogP contribution in [0.15, 0.2) is 5.38 Å². The summed E-state index contributed by atoms with van der Waals surface area (Å²) in [6, 6.07) is 0. The summed E-state index contributed by atoms with van der Waals surface area (Å²) in [5, 5.41) is 4.98. The molecule has 0 spiro atoms. The van der Waals surface area contributed by atoms with E-state index in [0.717, 1.165) is 25.9 Å². The zero-order chi connectivity index (χ0) is 13.7. The van der Waals surface area contributed by atoms with Crippen molar-refractivity contribution in [1.82, 2.24) is 15.2 Å². The van der Waals surface area contributed by atoms with Gasteiger partial charge in [-0.2, -0.15) is 0 Å². The number of carbonyl (C=O) groups excluding carboxylic acids is 2. The molecule has 1 aromatic heterocycles. The highest BCUT2D eigenvalue weighted by atomic mass is 35.5. The summed E-state index contributed by atoms with van der Waals surface area (Å²) >= 11 is 1.35. The van der Waals surface area contributed by atoms with Crippen molar-refractivity contribution in [3.05, 3.63) is 16.1 Å². The molecule has 1 fully saturated rings. The zero-order valence-corrected chi connectivity index (χ0v) is 12.8. The monoisotopic (exact) mass is 318 g/mol. The van der Waals surface area contributed by atoms with Crippen LogP contribution in [-0.2, 0) is 11.3 Å². The number of likely N-dealkylation sites (tertiary alicyclic amines) is 1. The molecule has 3 N–H and O–H groups in total. The third kappa shape index (κ3) is 4.43. The predicted molar refractivity (Wildman–Crippen MR) is 80.0 cm³/mol. The number of amides is 2. The highest BCUT2D eigenvalue weighted by molar-refractivity contribution is 7.09. The average Bonchev–Trinajstić information content (AvgIpc) is 2.94. The Morgan fingerprint density at radius 2 is 2.05 bits per heavy atom. The Balaban J connectivity index is 0.00000200. The fourth-order valence-electron chi connectivity index (χ4n) is 2.01. The molecule has 0 bridgehead atoms. The van der Waals surface area contributed by atoms with Gasteiger partial charge < -0.3 is 16.0 Å². The number of halogens is 1. The van der Waals surface area contributed by atoms with Crippen molar-refractivity contribution in [2.45, 2.75) is 25.8 Å². The number of aromatic nitrogens is 1. The smallest absolute Gasteiger partial charge is 0.271 e. The van der Waals surface area contributed by atoms with Crippen LogP contribution in [0.2, 0.25) is 0 Å². The Morgan fingerprint density at radius 3 is 2.65 bits per heavy atom. The Morgan fingerprint density at radius 1 is 1.35 bits per heavy atom. The molecule has 0 aromatic carbocycles. The van der Waals surface area contributed by atoms with Crippen LogP contribution in [0.4, 0.5) is 0 Å². The molecule has 2 amide bonds. The van der Waals surface area contributed by atoms with Crippen molar-refractivity contribution >= 4 is 35.6 Å². The molecule has 0 saturated carbocycles. The van der Waals surface area contributed by atoms with Crippen LogP contribution in [0.5, 0.6) is 0 Å². The first kappa shape index (κ1) is 16.9. The third-order valence-corrected chi connectivity index (χ3v) is 3.94. The number of thiazole rings is 1. The number of nitrogens with one attached hydrogen (secondary N) is 1. The summed E-state index contributed by atoms with van der Waals surface area (Å²) in [7, 11) is 0. The average molecular weight is 319 g/mol. The van der Waals surface area contributed by atoms with Gasteiger partial charge in [0.25, 0.3) is 5.91 Å². The lowest BCUT2D eigenvalue weighted by molar-refractivity contribution is -0.130. The predicted octanol–water partition coefficient (Wildman–Crippen LogP) is 0.766. The van der Waals surface area contributed by atoms with E-state index in [4.69, 9.17) is 5.73 Å². The number of rotatable bonds is 4. The first-order chi connectivity index (χ1) is 9.20. The fourth-order valence-corrected chi connectivity index (χ4v) is 2.67. The minimum absolute atomic E-state index is 0. The van der Waals surface area contributed by atoms with E-state index in [2.05, 4.69) is 10.3 Å². The molecule has 2 rings (SSSR count). The van der Waals surface area contributed by atoms with Crippen molar-refractivity contribution in [3.8, 4) is 0 Å². The van der Waals surface area contributed by atoms with Gasteiger partial charge in [0.2, 0.25) is 5.91 Å². The molecule has 0 unspecified atom stereocenters. The number of hydrogen-bond donors (Lipinski definition) is 2. The lowest BCUT2D eigenvalue weighted by atomic mass is 10.1. The van der Waals surface area contributed by atoms with Crippen molar-refractivity contribution in [1.29, 1.82) is 0 Å². The Hall–Kier alpha value is -1.18. The van der Waals surface area contributed by atoms with Crippen LogP contribution in [0.25, 0.3) is 0 Å². The van der Waals surface area contributed by atoms with Gasteiger partial charge in [-0.05, 0) is 19.3 Å². The summed E-state index contributed by atoms with van der Waals surface area (Å²) in [6.45, 7) is 1.95. The summed E-state index contributed by atoms with van der Waals surface area (Å²) in [5.74, 6) is -0.344. The van der Waals surface area contributed by atoms with Crippen molar-refractivity contribution in [2.75, 3.05) is 19.6 Å². The Bertz CT molecular complexity index is 460. The summed E-state index contributed by atoms with van der Waals surface area (Å²) in [4.78, 5) is 29.5. The van der Waals surface area contributed by atoms with Gasteiger partial charge in [-0.25, -0.2) is 4.98 Å². The van der Waals surface area contributed by atoms with E-state index in [9.17, 15) is 9.59 Å². The highest BCUT2D eigenvalue weighted by Crippen LogP contribution is 2.09. The topological polar surface area (TPSA) is 88.3 Å². The van der Waals surface area contributed by atoms with E-state index < -0.39 is 0 Å². The number of carbonyl (C=O) groups is 2. The van der Waals surface area contributed by atoms with Gasteiger partial charge in [0.1, 0.15) is 10.7 Å². The molecule has 20 heavy (non-hydrogen) atoms. The number of hydrogen-bond acceptors (Lipinski definition) is 5. The van der Waals surface area contributed by atoms with Crippen LogP contribution in [0, 0.1) is 0 Å². The molecule has 0 atom stereocenters. The maximum Gasteiger partial charge on any atom is 0.271 e. The van der Waals surface area contributed by atoms with Crippen LogP contribution in [0.1, 0.15) is 34.8 Å². The van der Waals surface area contributed by atoms with E-state index in [1.165, 1.54) is 17.8 Å². The highest BCUT2D eigenvalue weighted by Gasteiger charge is 2.18. The van der Waals surface area contributed by atoms with E-state index in [1.807, 2.05) is 0 Å².